The van der Waals surface area contributed by atoms with Crippen molar-refractivity contribution >= 4 is 0 Å². The first kappa shape index (κ1) is 19.8. The molecule has 20 heavy (non-hydrogen) atoms. The molecule has 0 radical (unpaired) electrons. The Balaban J connectivity index is 3.55. The maximum Gasteiger partial charge on any atom is 0.101 e. The Hall–Kier alpha value is -0.240. The lowest BCUT2D eigenvalue weighted by Gasteiger charge is -2.29. The maximum absolute atomic E-state index is 9.86. The Morgan fingerprint density at radius 3 is 1.95 bits per heavy atom. The molecule has 0 aromatic rings. The number of hydrogen-bond acceptors (Lipinski definition) is 6. The maximum atomic E-state index is 9.86. The normalized spacial score (nSPS) is 17.7. The van der Waals surface area contributed by atoms with E-state index in [1.807, 2.05) is 13.8 Å². The van der Waals surface area contributed by atoms with Gasteiger partial charge in [0, 0.05) is 20.6 Å². The number of hydrogen-bond donors (Lipinski definition) is 2. The van der Waals surface area contributed by atoms with Crippen LogP contribution < -0.4 is 0 Å². The monoisotopic (exact) mass is 294 g/mol. The minimum Gasteiger partial charge on any atom is -0.391 e. The van der Waals surface area contributed by atoms with Crippen LogP contribution in [-0.2, 0) is 18.9 Å². The second-order valence-corrected chi connectivity index (χ2v) is 5.12. The second kappa shape index (κ2) is 11.4. The highest BCUT2D eigenvalue weighted by Crippen LogP contribution is 2.20. The molecule has 0 aromatic heterocycles. The van der Waals surface area contributed by atoms with E-state index >= 15 is 0 Å². The van der Waals surface area contributed by atoms with Crippen molar-refractivity contribution in [2.75, 3.05) is 47.3 Å². The first-order valence-corrected chi connectivity index (χ1v) is 7.03. The molecule has 0 saturated heterocycles. The molecule has 6 nitrogen and oxygen atoms in total. The fourth-order valence-corrected chi connectivity index (χ4v) is 1.73. The third-order valence-electron chi connectivity index (χ3n) is 3.26. The van der Waals surface area contributed by atoms with Gasteiger partial charge in [-0.25, -0.2) is 0 Å². The van der Waals surface area contributed by atoms with Crippen LogP contribution in [0.25, 0.3) is 0 Å². The van der Waals surface area contributed by atoms with Crippen molar-refractivity contribution in [2.24, 2.45) is 0 Å². The zero-order valence-electron chi connectivity index (χ0n) is 13.1. The quantitative estimate of drug-likeness (QED) is 0.484. The molecule has 3 unspecified atom stereocenters. The van der Waals surface area contributed by atoms with Crippen LogP contribution in [0.3, 0.4) is 0 Å². The molecule has 3 atom stereocenters. The molecule has 0 saturated carbocycles. The lowest BCUT2D eigenvalue weighted by molar-refractivity contribution is -0.0652. The van der Waals surface area contributed by atoms with Gasteiger partial charge in [0.05, 0.1) is 44.7 Å². The predicted octanol–water partition coefficient (Wildman–Crippen LogP) is 0.593. The highest BCUT2D eigenvalue weighted by Gasteiger charge is 2.25. The lowest BCUT2D eigenvalue weighted by Crippen LogP contribution is -2.33. The molecule has 2 N–H and O–H groups in total. The SMILES string of the molecule is CCC(C)(CC(O)COCCOCC(O)COC)OC. The summed E-state index contributed by atoms with van der Waals surface area (Å²) >= 11 is 0. The Labute approximate surface area is 122 Å². The van der Waals surface area contributed by atoms with E-state index in [1.165, 1.54) is 7.11 Å². The van der Waals surface area contributed by atoms with E-state index in [-0.39, 0.29) is 25.4 Å². The first-order chi connectivity index (χ1) is 9.47. The third-order valence-corrected chi connectivity index (χ3v) is 3.26. The molecule has 0 aliphatic rings. The van der Waals surface area contributed by atoms with Crippen molar-refractivity contribution in [3.63, 3.8) is 0 Å². The molecule has 0 amide bonds. The van der Waals surface area contributed by atoms with Crippen molar-refractivity contribution in [1.29, 1.82) is 0 Å². The number of methoxy groups -OCH3 is 2. The highest BCUT2D eigenvalue weighted by molar-refractivity contribution is 4.76. The summed E-state index contributed by atoms with van der Waals surface area (Å²) in [6.45, 7) is 5.48. The van der Waals surface area contributed by atoms with Crippen molar-refractivity contribution < 1.29 is 29.2 Å². The summed E-state index contributed by atoms with van der Waals surface area (Å²) < 4.78 is 20.7. The Bertz CT molecular complexity index is 220. The third kappa shape index (κ3) is 9.63. The standard InChI is InChI=1S/C14H30O6/c1-5-14(2,18-4)8-12(15)10-19-6-7-20-11-13(16)9-17-3/h12-13,15-16H,5-11H2,1-4H3. The molecule has 0 rings (SSSR count). The molecule has 0 aliphatic heterocycles. The molecule has 6 heteroatoms. The van der Waals surface area contributed by atoms with Crippen molar-refractivity contribution in [1.82, 2.24) is 0 Å². The van der Waals surface area contributed by atoms with Crippen LogP contribution in [-0.4, -0.2) is 75.3 Å². The van der Waals surface area contributed by atoms with E-state index in [1.54, 1.807) is 7.11 Å². The largest absolute Gasteiger partial charge is 0.391 e. The second-order valence-electron chi connectivity index (χ2n) is 5.12. The fraction of sp³-hybridized carbons (Fsp3) is 1.00. The number of rotatable bonds is 13. The van der Waals surface area contributed by atoms with Crippen LogP contribution in [0.1, 0.15) is 26.7 Å². The van der Waals surface area contributed by atoms with Gasteiger partial charge in [0.2, 0.25) is 0 Å². The van der Waals surface area contributed by atoms with E-state index < -0.39 is 12.2 Å². The summed E-state index contributed by atoms with van der Waals surface area (Å²) in [5.74, 6) is 0. The van der Waals surface area contributed by atoms with Gasteiger partial charge in [0.25, 0.3) is 0 Å². The minimum absolute atomic E-state index is 0.220. The van der Waals surface area contributed by atoms with Crippen molar-refractivity contribution in [3.05, 3.63) is 0 Å². The van der Waals surface area contributed by atoms with Crippen LogP contribution in [0.15, 0.2) is 0 Å². The number of ether oxygens (including phenoxy) is 4. The smallest absolute Gasteiger partial charge is 0.101 e. The Morgan fingerprint density at radius 2 is 1.50 bits per heavy atom. The summed E-state index contributed by atoms with van der Waals surface area (Å²) in [4.78, 5) is 0. The van der Waals surface area contributed by atoms with E-state index in [2.05, 4.69) is 0 Å². The molecule has 122 valence electrons. The Kier molecular flexibility index (Phi) is 11.3. The van der Waals surface area contributed by atoms with Crippen LogP contribution in [0, 0.1) is 0 Å². The molecule has 0 bridgehead atoms. The van der Waals surface area contributed by atoms with Crippen LogP contribution in [0.5, 0.6) is 0 Å². The average molecular weight is 294 g/mol. The average Bonchev–Trinajstić information content (AvgIpc) is 2.42. The summed E-state index contributed by atoms with van der Waals surface area (Å²) in [7, 11) is 3.17. The minimum atomic E-state index is -0.613. The van der Waals surface area contributed by atoms with Gasteiger partial charge in [-0.15, -0.1) is 0 Å². The van der Waals surface area contributed by atoms with E-state index in [9.17, 15) is 10.2 Å². The summed E-state index contributed by atoms with van der Waals surface area (Å²) in [6.07, 6.45) is 0.200. The molecule has 0 fully saturated rings. The first-order valence-electron chi connectivity index (χ1n) is 7.03. The fourth-order valence-electron chi connectivity index (χ4n) is 1.73. The van der Waals surface area contributed by atoms with Crippen LogP contribution >= 0.6 is 0 Å². The molecule has 0 aliphatic carbocycles. The number of aliphatic hydroxyl groups excluding tert-OH is 2. The van der Waals surface area contributed by atoms with E-state index in [0.717, 1.165) is 6.42 Å². The van der Waals surface area contributed by atoms with Gasteiger partial charge in [-0.2, -0.15) is 0 Å². The highest BCUT2D eigenvalue weighted by atomic mass is 16.5. The van der Waals surface area contributed by atoms with Gasteiger partial charge in [0.15, 0.2) is 0 Å². The van der Waals surface area contributed by atoms with Crippen LogP contribution in [0.4, 0.5) is 0 Å². The summed E-state index contributed by atoms with van der Waals surface area (Å²) in [6, 6.07) is 0. The van der Waals surface area contributed by atoms with Gasteiger partial charge in [-0.05, 0) is 13.3 Å². The lowest BCUT2D eigenvalue weighted by atomic mass is 9.95. The summed E-state index contributed by atoms with van der Waals surface area (Å²) in [5, 5.41) is 19.2. The van der Waals surface area contributed by atoms with Gasteiger partial charge in [-0.1, -0.05) is 6.92 Å². The zero-order chi connectivity index (χ0) is 15.4. The van der Waals surface area contributed by atoms with Gasteiger partial charge in [0.1, 0.15) is 6.10 Å². The van der Waals surface area contributed by atoms with Crippen molar-refractivity contribution in [3.8, 4) is 0 Å². The van der Waals surface area contributed by atoms with Gasteiger partial charge < -0.3 is 29.2 Å². The Morgan fingerprint density at radius 1 is 0.950 bits per heavy atom. The van der Waals surface area contributed by atoms with E-state index in [4.69, 9.17) is 18.9 Å². The molecular weight excluding hydrogens is 264 g/mol. The predicted molar refractivity (Wildman–Crippen MR) is 75.8 cm³/mol. The van der Waals surface area contributed by atoms with Crippen molar-refractivity contribution in [2.45, 2.75) is 44.5 Å². The van der Waals surface area contributed by atoms with Crippen LogP contribution in [0.2, 0.25) is 0 Å². The topological polar surface area (TPSA) is 77.4 Å². The van der Waals surface area contributed by atoms with Gasteiger partial charge >= 0.3 is 0 Å². The zero-order valence-corrected chi connectivity index (χ0v) is 13.1. The molecule has 0 aromatic carbocycles. The number of aliphatic hydroxyl groups is 2. The molecule has 0 heterocycles. The molecular formula is C14H30O6. The summed E-state index contributed by atoms with van der Waals surface area (Å²) in [5.41, 5.74) is -0.316. The molecule has 0 spiro atoms. The van der Waals surface area contributed by atoms with Gasteiger partial charge in [-0.3, -0.25) is 0 Å². The van der Waals surface area contributed by atoms with E-state index in [0.29, 0.717) is 19.6 Å².